The van der Waals surface area contributed by atoms with E-state index in [9.17, 15) is 13.2 Å². The van der Waals surface area contributed by atoms with Gasteiger partial charge in [0.2, 0.25) is 0 Å². The first kappa shape index (κ1) is 14.4. The number of carboxylic acids is 1. The number of carboxylic acid groups (broad SMARTS) is 1. The Bertz CT molecular complexity index is 744. The van der Waals surface area contributed by atoms with Gasteiger partial charge in [-0.25, -0.2) is 13.2 Å². The lowest BCUT2D eigenvalue weighted by Crippen LogP contribution is -2.13. The summed E-state index contributed by atoms with van der Waals surface area (Å²) in [5.74, 6) is -1.13. The minimum absolute atomic E-state index is 0.0161. The van der Waals surface area contributed by atoms with Crippen LogP contribution in [0.15, 0.2) is 53.4 Å². The van der Waals surface area contributed by atoms with Gasteiger partial charge < -0.3 is 5.11 Å². The summed E-state index contributed by atoms with van der Waals surface area (Å²) in [5.41, 5.74) is 0.109. The highest BCUT2D eigenvalue weighted by molar-refractivity contribution is 7.92. The van der Waals surface area contributed by atoms with Gasteiger partial charge in [0.1, 0.15) is 0 Å². The number of carbonyl (C=O) groups is 1. The third-order valence-electron chi connectivity index (χ3n) is 2.51. The molecule has 5 nitrogen and oxygen atoms in total. The van der Waals surface area contributed by atoms with Gasteiger partial charge in [-0.3, -0.25) is 4.72 Å². The van der Waals surface area contributed by atoms with Gasteiger partial charge in [-0.1, -0.05) is 29.8 Å². The number of benzene rings is 2. The van der Waals surface area contributed by atoms with Gasteiger partial charge in [-0.05, 0) is 30.3 Å². The zero-order valence-electron chi connectivity index (χ0n) is 10.1. The Labute approximate surface area is 120 Å². The summed E-state index contributed by atoms with van der Waals surface area (Å²) in [4.78, 5) is 10.9. The molecule has 0 spiro atoms. The van der Waals surface area contributed by atoms with Crippen molar-refractivity contribution >= 4 is 33.3 Å². The quantitative estimate of drug-likeness (QED) is 0.909. The second-order valence-electron chi connectivity index (χ2n) is 3.92. The molecule has 7 heteroatoms. The van der Waals surface area contributed by atoms with Crippen LogP contribution in [0.1, 0.15) is 10.4 Å². The van der Waals surface area contributed by atoms with E-state index in [1.807, 2.05) is 0 Å². The van der Waals surface area contributed by atoms with Crippen LogP contribution in [0.5, 0.6) is 0 Å². The second kappa shape index (κ2) is 5.52. The summed E-state index contributed by atoms with van der Waals surface area (Å²) in [5, 5.41) is 8.83. The molecule has 0 aliphatic rings. The molecule has 0 saturated carbocycles. The van der Waals surface area contributed by atoms with Crippen LogP contribution in [0.4, 0.5) is 5.69 Å². The van der Waals surface area contributed by atoms with E-state index in [2.05, 4.69) is 4.72 Å². The summed E-state index contributed by atoms with van der Waals surface area (Å²) in [6.07, 6.45) is 0. The zero-order chi connectivity index (χ0) is 14.8. The molecule has 2 N–H and O–H groups in total. The number of anilines is 1. The van der Waals surface area contributed by atoms with Crippen molar-refractivity contribution in [1.82, 2.24) is 0 Å². The lowest BCUT2D eigenvalue weighted by atomic mass is 10.2. The van der Waals surface area contributed by atoms with Gasteiger partial charge in [-0.2, -0.15) is 0 Å². The summed E-state index contributed by atoms with van der Waals surface area (Å²) >= 11 is 5.88. The molecule has 0 heterocycles. The van der Waals surface area contributed by atoms with E-state index >= 15 is 0 Å². The largest absolute Gasteiger partial charge is 0.478 e. The number of hydrogen-bond donors (Lipinski definition) is 2. The second-order valence-corrected chi connectivity index (χ2v) is 6.01. The number of nitrogens with one attached hydrogen (secondary N) is 1. The number of aromatic carboxylic acids is 1. The number of halogens is 1. The molecule has 0 amide bonds. The molecule has 0 saturated heterocycles. The van der Waals surface area contributed by atoms with Crippen molar-refractivity contribution in [3.8, 4) is 0 Å². The third kappa shape index (κ3) is 3.09. The van der Waals surface area contributed by atoms with E-state index in [1.165, 1.54) is 30.3 Å². The molecule has 2 aromatic rings. The zero-order valence-corrected chi connectivity index (χ0v) is 11.6. The standard InChI is InChI=1S/C13H10ClNO4S/c14-11-8-9(13(16)17)6-7-12(11)15-20(18,19)10-4-2-1-3-5-10/h1-8,15H,(H,16,17). The molecule has 0 aromatic heterocycles. The summed E-state index contributed by atoms with van der Waals surface area (Å²) < 4.78 is 26.5. The fourth-order valence-electron chi connectivity index (χ4n) is 1.53. The van der Waals surface area contributed by atoms with Crippen LogP contribution in [-0.2, 0) is 10.0 Å². The molecule has 0 unspecified atom stereocenters. The van der Waals surface area contributed by atoms with E-state index in [1.54, 1.807) is 18.2 Å². The lowest BCUT2D eigenvalue weighted by molar-refractivity contribution is 0.0697. The summed E-state index contributed by atoms with van der Waals surface area (Å²) in [6.45, 7) is 0. The Hall–Kier alpha value is -2.05. The Kier molecular flexibility index (Phi) is 3.96. The smallest absolute Gasteiger partial charge is 0.335 e. The van der Waals surface area contributed by atoms with E-state index < -0.39 is 16.0 Å². The molecular formula is C13H10ClNO4S. The van der Waals surface area contributed by atoms with Gasteiger partial charge in [0.25, 0.3) is 10.0 Å². The molecule has 0 atom stereocenters. The van der Waals surface area contributed by atoms with Gasteiger partial charge in [0.15, 0.2) is 0 Å². The maximum Gasteiger partial charge on any atom is 0.335 e. The van der Waals surface area contributed by atoms with Crippen molar-refractivity contribution in [3.05, 3.63) is 59.1 Å². The van der Waals surface area contributed by atoms with Gasteiger partial charge in [0, 0.05) is 0 Å². The van der Waals surface area contributed by atoms with Crippen LogP contribution in [-0.4, -0.2) is 19.5 Å². The molecule has 0 fully saturated rings. The van der Waals surface area contributed by atoms with E-state index in [-0.39, 0.29) is 21.2 Å². The molecule has 0 bridgehead atoms. The Balaban J connectivity index is 2.33. The minimum atomic E-state index is -3.75. The van der Waals surface area contributed by atoms with Gasteiger partial charge in [-0.15, -0.1) is 0 Å². The molecule has 0 aliphatic heterocycles. The van der Waals surface area contributed by atoms with E-state index in [0.717, 1.165) is 0 Å². The topological polar surface area (TPSA) is 83.5 Å². The van der Waals surface area contributed by atoms with E-state index in [0.29, 0.717) is 0 Å². The third-order valence-corrected chi connectivity index (χ3v) is 4.21. The fourth-order valence-corrected chi connectivity index (χ4v) is 2.92. The van der Waals surface area contributed by atoms with Crippen molar-refractivity contribution < 1.29 is 18.3 Å². The number of rotatable bonds is 4. The van der Waals surface area contributed by atoms with Crippen LogP contribution in [0.25, 0.3) is 0 Å². The van der Waals surface area contributed by atoms with Crippen LogP contribution in [0, 0.1) is 0 Å². The predicted molar refractivity (Wildman–Crippen MR) is 75.7 cm³/mol. The van der Waals surface area contributed by atoms with E-state index in [4.69, 9.17) is 16.7 Å². The van der Waals surface area contributed by atoms with Crippen LogP contribution < -0.4 is 4.72 Å². The van der Waals surface area contributed by atoms with Crippen molar-refractivity contribution in [2.45, 2.75) is 4.90 Å². The molecule has 2 aromatic carbocycles. The van der Waals surface area contributed by atoms with Crippen molar-refractivity contribution in [2.75, 3.05) is 4.72 Å². The molecule has 20 heavy (non-hydrogen) atoms. The summed E-state index contributed by atoms with van der Waals surface area (Å²) in [7, 11) is -3.75. The molecule has 0 aliphatic carbocycles. The monoisotopic (exact) mass is 311 g/mol. The molecule has 0 radical (unpaired) electrons. The number of sulfonamides is 1. The first-order valence-corrected chi connectivity index (χ1v) is 7.37. The van der Waals surface area contributed by atoms with Crippen LogP contribution >= 0.6 is 11.6 Å². The van der Waals surface area contributed by atoms with Gasteiger partial charge >= 0.3 is 5.97 Å². The first-order valence-electron chi connectivity index (χ1n) is 5.51. The summed E-state index contributed by atoms with van der Waals surface area (Å²) in [6, 6.07) is 11.6. The molecular weight excluding hydrogens is 302 g/mol. The first-order chi connectivity index (χ1) is 9.40. The van der Waals surface area contributed by atoms with Crippen molar-refractivity contribution in [2.24, 2.45) is 0 Å². The normalized spacial score (nSPS) is 11.1. The minimum Gasteiger partial charge on any atom is -0.478 e. The van der Waals surface area contributed by atoms with Crippen LogP contribution in [0.3, 0.4) is 0 Å². The molecule has 104 valence electrons. The highest BCUT2D eigenvalue weighted by Crippen LogP contribution is 2.25. The van der Waals surface area contributed by atoms with Crippen molar-refractivity contribution in [3.63, 3.8) is 0 Å². The predicted octanol–water partition coefficient (Wildman–Crippen LogP) is 2.84. The highest BCUT2D eigenvalue weighted by Gasteiger charge is 2.16. The SMILES string of the molecule is O=C(O)c1ccc(NS(=O)(=O)c2ccccc2)c(Cl)c1. The Morgan fingerprint density at radius 1 is 1.10 bits per heavy atom. The van der Waals surface area contributed by atoms with Crippen LogP contribution in [0.2, 0.25) is 5.02 Å². The average Bonchev–Trinajstić information content (AvgIpc) is 2.41. The fraction of sp³-hybridized carbons (Fsp3) is 0. The van der Waals surface area contributed by atoms with Gasteiger partial charge in [0.05, 0.1) is 21.2 Å². The average molecular weight is 312 g/mol. The molecule has 2 rings (SSSR count). The lowest BCUT2D eigenvalue weighted by Gasteiger charge is -2.10. The maximum atomic E-state index is 12.1. The Morgan fingerprint density at radius 2 is 1.75 bits per heavy atom. The number of hydrogen-bond acceptors (Lipinski definition) is 3. The Morgan fingerprint density at radius 3 is 2.30 bits per heavy atom. The van der Waals surface area contributed by atoms with Crippen molar-refractivity contribution in [1.29, 1.82) is 0 Å². The highest BCUT2D eigenvalue weighted by atomic mass is 35.5. The maximum absolute atomic E-state index is 12.1.